The van der Waals surface area contributed by atoms with Crippen LogP contribution in [0.2, 0.25) is 5.15 Å². The molecular formula is C11H12BrClN4. The molecule has 1 N–H and O–H groups in total. The summed E-state index contributed by atoms with van der Waals surface area (Å²) in [6, 6.07) is 1.90. The maximum absolute atomic E-state index is 5.83. The minimum absolute atomic E-state index is 0.466. The van der Waals surface area contributed by atoms with Crippen LogP contribution in [0, 0.1) is 6.92 Å². The van der Waals surface area contributed by atoms with Gasteiger partial charge in [0.2, 0.25) is 0 Å². The molecule has 0 unspecified atom stereocenters. The zero-order valence-corrected chi connectivity index (χ0v) is 11.9. The van der Waals surface area contributed by atoms with Crippen LogP contribution >= 0.6 is 27.5 Å². The Morgan fingerprint density at radius 1 is 1.47 bits per heavy atom. The third-order valence-electron chi connectivity index (χ3n) is 2.62. The number of hydrogen-bond acceptors (Lipinski definition) is 3. The number of hydrogen-bond donors (Lipinski definition) is 1. The molecule has 17 heavy (non-hydrogen) atoms. The number of nitrogens with one attached hydrogen (secondary N) is 1. The van der Waals surface area contributed by atoms with Crippen LogP contribution < -0.4 is 5.32 Å². The maximum Gasteiger partial charge on any atom is 0.143 e. The Balaban J connectivity index is 2.07. The van der Waals surface area contributed by atoms with Crippen molar-refractivity contribution in [1.29, 1.82) is 0 Å². The van der Waals surface area contributed by atoms with Crippen molar-refractivity contribution in [3.8, 4) is 0 Å². The molecule has 4 nitrogen and oxygen atoms in total. The third-order valence-corrected chi connectivity index (χ3v) is 3.75. The highest BCUT2D eigenvalue weighted by Gasteiger charge is 2.04. The minimum atomic E-state index is 0.466. The average Bonchev–Trinajstić information content (AvgIpc) is 2.62. The first-order valence-electron chi connectivity index (χ1n) is 5.10. The monoisotopic (exact) mass is 314 g/mol. The Morgan fingerprint density at radius 2 is 2.24 bits per heavy atom. The van der Waals surface area contributed by atoms with Crippen molar-refractivity contribution in [2.24, 2.45) is 7.05 Å². The Hall–Kier alpha value is -1.07. The number of rotatable bonds is 3. The van der Waals surface area contributed by atoms with Gasteiger partial charge in [0.1, 0.15) is 5.15 Å². The molecule has 0 saturated heterocycles. The van der Waals surface area contributed by atoms with E-state index in [4.69, 9.17) is 11.6 Å². The number of aryl methyl sites for hydroxylation is 1. The Kier molecular flexibility index (Phi) is 3.69. The topological polar surface area (TPSA) is 42.7 Å². The molecule has 0 bridgehead atoms. The van der Waals surface area contributed by atoms with Crippen LogP contribution in [-0.2, 0) is 13.6 Å². The van der Waals surface area contributed by atoms with Crippen molar-refractivity contribution in [2.45, 2.75) is 13.5 Å². The highest BCUT2D eigenvalue weighted by molar-refractivity contribution is 9.10. The van der Waals surface area contributed by atoms with Gasteiger partial charge in [-0.25, -0.2) is 4.98 Å². The van der Waals surface area contributed by atoms with Crippen molar-refractivity contribution in [3.63, 3.8) is 0 Å². The van der Waals surface area contributed by atoms with Crippen LogP contribution in [0.1, 0.15) is 11.3 Å². The molecule has 2 aromatic heterocycles. The average molecular weight is 316 g/mol. The smallest absolute Gasteiger partial charge is 0.143 e. The SMILES string of the molecule is Cc1c(CNc2cnc(Cl)c(Br)c2)cnn1C. The fraction of sp³-hybridized carbons (Fsp3) is 0.273. The first kappa shape index (κ1) is 12.4. The lowest BCUT2D eigenvalue weighted by atomic mass is 10.2. The van der Waals surface area contributed by atoms with Crippen molar-refractivity contribution in [2.75, 3.05) is 5.32 Å². The summed E-state index contributed by atoms with van der Waals surface area (Å²) in [6.45, 7) is 2.76. The van der Waals surface area contributed by atoms with E-state index in [1.54, 1.807) is 6.20 Å². The van der Waals surface area contributed by atoms with E-state index in [1.807, 2.05) is 30.9 Å². The molecule has 2 heterocycles. The Labute approximate surface area is 113 Å². The molecule has 0 aliphatic heterocycles. The standard InChI is InChI=1S/C11H12BrClN4/c1-7-8(5-16-17(7)2)4-14-9-3-10(12)11(13)15-6-9/h3,5-6,14H,4H2,1-2H3. The van der Waals surface area contributed by atoms with E-state index < -0.39 is 0 Å². The van der Waals surface area contributed by atoms with Gasteiger partial charge in [-0.2, -0.15) is 5.10 Å². The van der Waals surface area contributed by atoms with Gasteiger partial charge in [0, 0.05) is 24.8 Å². The van der Waals surface area contributed by atoms with E-state index in [-0.39, 0.29) is 0 Å². The van der Waals surface area contributed by atoms with Gasteiger partial charge < -0.3 is 5.32 Å². The number of pyridine rings is 1. The number of aromatic nitrogens is 3. The number of anilines is 1. The molecule has 0 saturated carbocycles. The van der Waals surface area contributed by atoms with Gasteiger partial charge >= 0.3 is 0 Å². The molecule has 0 radical (unpaired) electrons. The molecule has 0 aliphatic carbocycles. The predicted molar refractivity (Wildman–Crippen MR) is 72.2 cm³/mol. The molecule has 6 heteroatoms. The Bertz CT molecular complexity index is 538. The number of nitrogens with zero attached hydrogens (tertiary/aromatic N) is 3. The fourth-order valence-corrected chi connectivity index (χ4v) is 1.89. The zero-order valence-electron chi connectivity index (χ0n) is 9.54. The van der Waals surface area contributed by atoms with Crippen molar-refractivity contribution >= 4 is 33.2 Å². The van der Waals surface area contributed by atoms with Gasteiger partial charge in [0.25, 0.3) is 0 Å². The summed E-state index contributed by atoms with van der Waals surface area (Å²) < 4.78 is 2.64. The first-order chi connectivity index (χ1) is 8.08. The molecule has 0 spiro atoms. The second-order valence-electron chi connectivity index (χ2n) is 3.73. The van der Waals surface area contributed by atoms with Gasteiger partial charge in [0.05, 0.1) is 22.6 Å². The summed E-state index contributed by atoms with van der Waals surface area (Å²) in [6.07, 6.45) is 3.57. The number of halogens is 2. The molecule has 90 valence electrons. The molecule has 0 atom stereocenters. The normalized spacial score (nSPS) is 10.6. The summed E-state index contributed by atoms with van der Waals surface area (Å²) >= 11 is 9.17. The zero-order chi connectivity index (χ0) is 12.4. The van der Waals surface area contributed by atoms with Crippen LogP contribution in [0.4, 0.5) is 5.69 Å². The lowest BCUT2D eigenvalue weighted by Gasteiger charge is -2.06. The second-order valence-corrected chi connectivity index (χ2v) is 4.94. The highest BCUT2D eigenvalue weighted by Crippen LogP contribution is 2.23. The summed E-state index contributed by atoms with van der Waals surface area (Å²) in [5.41, 5.74) is 3.24. The largest absolute Gasteiger partial charge is 0.380 e. The summed E-state index contributed by atoms with van der Waals surface area (Å²) in [5, 5.41) is 7.94. The Morgan fingerprint density at radius 3 is 2.82 bits per heavy atom. The third kappa shape index (κ3) is 2.79. The van der Waals surface area contributed by atoms with Gasteiger partial charge in [-0.1, -0.05) is 11.6 Å². The molecule has 2 rings (SSSR count). The quantitative estimate of drug-likeness (QED) is 0.885. The van der Waals surface area contributed by atoms with Crippen molar-refractivity contribution in [3.05, 3.63) is 39.3 Å². The van der Waals surface area contributed by atoms with E-state index in [0.29, 0.717) is 5.15 Å². The van der Waals surface area contributed by atoms with Gasteiger partial charge in [-0.3, -0.25) is 4.68 Å². The van der Waals surface area contributed by atoms with E-state index in [0.717, 1.165) is 22.4 Å². The van der Waals surface area contributed by atoms with E-state index in [9.17, 15) is 0 Å². The molecule has 2 aromatic rings. The van der Waals surface area contributed by atoms with E-state index in [1.165, 1.54) is 5.56 Å². The van der Waals surface area contributed by atoms with E-state index >= 15 is 0 Å². The fourth-order valence-electron chi connectivity index (χ4n) is 1.43. The van der Waals surface area contributed by atoms with Gasteiger partial charge in [0.15, 0.2) is 0 Å². The first-order valence-corrected chi connectivity index (χ1v) is 6.27. The summed E-state index contributed by atoms with van der Waals surface area (Å²) in [5.74, 6) is 0. The van der Waals surface area contributed by atoms with Crippen LogP contribution in [0.3, 0.4) is 0 Å². The lowest BCUT2D eigenvalue weighted by Crippen LogP contribution is -2.01. The molecule has 0 amide bonds. The molecular weight excluding hydrogens is 304 g/mol. The van der Waals surface area contributed by atoms with Crippen molar-refractivity contribution in [1.82, 2.24) is 14.8 Å². The maximum atomic E-state index is 5.83. The molecule has 0 aliphatic rings. The van der Waals surface area contributed by atoms with Gasteiger partial charge in [-0.05, 0) is 28.9 Å². The lowest BCUT2D eigenvalue weighted by molar-refractivity contribution is 0.738. The summed E-state index contributed by atoms with van der Waals surface area (Å²) in [7, 11) is 1.93. The van der Waals surface area contributed by atoms with Gasteiger partial charge in [-0.15, -0.1) is 0 Å². The van der Waals surface area contributed by atoms with Crippen LogP contribution in [0.5, 0.6) is 0 Å². The van der Waals surface area contributed by atoms with Crippen LogP contribution in [0.15, 0.2) is 22.9 Å². The van der Waals surface area contributed by atoms with Crippen LogP contribution in [0.25, 0.3) is 0 Å². The minimum Gasteiger partial charge on any atom is -0.380 e. The van der Waals surface area contributed by atoms with E-state index in [2.05, 4.69) is 31.3 Å². The van der Waals surface area contributed by atoms with Crippen molar-refractivity contribution < 1.29 is 0 Å². The highest BCUT2D eigenvalue weighted by atomic mass is 79.9. The second kappa shape index (κ2) is 5.06. The van der Waals surface area contributed by atoms with Crippen LogP contribution in [-0.4, -0.2) is 14.8 Å². The predicted octanol–water partition coefficient (Wildman–Crippen LogP) is 3.15. The molecule has 0 aromatic carbocycles. The molecule has 0 fully saturated rings. The summed E-state index contributed by atoms with van der Waals surface area (Å²) in [4.78, 5) is 4.05.